The Labute approximate surface area is 201 Å². The number of nitrogens with zero attached hydrogens (tertiary/aromatic N) is 3. The number of rotatable bonds is 8. The van der Waals surface area contributed by atoms with Crippen LogP contribution in [-0.4, -0.2) is 63.7 Å². The van der Waals surface area contributed by atoms with Crippen molar-refractivity contribution in [3.05, 3.63) is 35.5 Å². The molecule has 0 bridgehead atoms. The number of aryl methyl sites for hydroxylation is 2. The zero-order valence-corrected chi connectivity index (χ0v) is 20.4. The molecule has 0 radical (unpaired) electrons. The molecule has 2 aliphatic rings. The van der Waals surface area contributed by atoms with Crippen molar-refractivity contribution in [3.63, 3.8) is 0 Å². The van der Waals surface area contributed by atoms with Gasteiger partial charge in [0.15, 0.2) is 0 Å². The zero-order chi connectivity index (χ0) is 24.4. The Bertz CT molecular complexity index is 1080. The van der Waals surface area contributed by atoms with Gasteiger partial charge in [-0.1, -0.05) is 19.1 Å². The molecule has 1 unspecified atom stereocenters. The Morgan fingerprint density at radius 3 is 2.59 bits per heavy atom. The van der Waals surface area contributed by atoms with Gasteiger partial charge in [0.2, 0.25) is 11.8 Å². The summed E-state index contributed by atoms with van der Waals surface area (Å²) in [6.07, 6.45) is 5.41. The van der Waals surface area contributed by atoms with Crippen molar-refractivity contribution in [2.75, 3.05) is 19.6 Å². The van der Waals surface area contributed by atoms with Gasteiger partial charge in [-0.05, 0) is 63.0 Å². The number of fused-ring (bicyclic) bond motifs is 1. The Morgan fingerprint density at radius 1 is 1.15 bits per heavy atom. The Hall–Kier alpha value is -2.87. The van der Waals surface area contributed by atoms with Crippen LogP contribution in [0.15, 0.2) is 24.3 Å². The van der Waals surface area contributed by atoms with Crippen molar-refractivity contribution in [3.8, 4) is 0 Å². The van der Waals surface area contributed by atoms with E-state index in [1.165, 1.54) is 5.69 Å². The van der Waals surface area contributed by atoms with Crippen molar-refractivity contribution in [1.82, 2.24) is 14.4 Å². The van der Waals surface area contributed by atoms with Gasteiger partial charge in [0.1, 0.15) is 11.9 Å². The molecule has 3 atom stereocenters. The summed E-state index contributed by atoms with van der Waals surface area (Å²) in [5.74, 6) is -0.0545. The predicted octanol–water partition coefficient (Wildman–Crippen LogP) is 2.45. The van der Waals surface area contributed by atoms with Gasteiger partial charge in [0.25, 0.3) is 0 Å². The van der Waals surface area contributed by atoms with E-state index in [4.69, 9.17) is 16.9 Å². The Balaban J connectivity index is 1.47. The second-order valence-corrected chi connectivity index (χ2v) is 9.76. The van der Waals surface area contributed by atoms with Crippen molar-refractivity contribution in [2.24, 2.45) is 17.4 Å². The molecule has 3 heterocycles. The van der Waals surface area contributed by atoms with E-state index >= 15 is 0 Å². The lowest BCUT2D eigenvalue weighted by Gasteiger charge is -2.32. The molecular formula is C26H38N6O2. The lowest BCUT2D eigenvalue weighted by molar-refractivity contribution is -0.146. The summed E-state index contributed by atoms with van der Waals surface area (Å²) in [6.45, 7) is 6.54. The van der Waals surface area contributed by atoms with E-state index in [0.717, 1.165) is 68.1 Å². The van der Waals surface area contributed by atoms with Crippen molar-refractivity contribution in [2.45, 2.75) is 71.0 Å². The summed E-state index contributed by atoms with van der Waals surface area (Å²) in [5, 5.41) is 8.90. The van der Waals surface area contributed by atoms with E-state index in [-0.39, 0.29) is 35.7 Å². The molecule has 8 nitrogen and oxygen atoms in total. The van der Waals surface area contributed by atoms with Crippen LogP contribution in [0.5, 0.6) is 0 Å². The first-order chi connectivity index (χ1) is 16.3. The minimum Gasteiger partial charge on any atom is -0.384 e. The number of amides is 2. The van der Waals surface area contributed by atoms with Gasteiger partial charge in [0.05, 0.1) is 0 Å². The van der Waals surface area contributed by atoms with Crippen LogP contribution in [0, 0.1) is 11.3 Å². The van der Waals surface area contributed by atoms with Crippen LogP contribution in [0.1, 0.15) is 57.2 Å². The highest BCUT2D eigenvalue weighted by Crippen LogP contribution is 2.29. The average molecular weight is 467 g/mol. The number of amidine groups is 1. The quantitative estimate of drug-likeness (QED) is 0.409. The molecule has 8 heteroatoms. The van der Waals surface area contributed by atoms with Gasteiger partial charge in [0, 0.05) is 54.9 Å². The summed E-state index contributed by atoms with van der Waals surface area (Å²) < 4.78 is 2.29. The van der Waals surface area contributed by atoms with Gasteiger partial charge in [-0.3, -0.25) is 15.0 Å². The van der Waals surface area contributed by atoms with E-state index < -0.39 is 0 Å². The van der Waals surface area contributed by atoms with Gasteiger partial charge in [-0.2, -0.15) is 0 Å². The summed E-state index contributed by atoms with van der Waals surface area (Å²) in [5.41, 5.74) is 14.5. The molecule has 0 aliphatic carbocycles. The van der Waals surface area contributed by atoms with E-state index in [1.54, 1.807) is 4.90 Å². The molecular weight excluding hydrogens is 428 g/mol. The number of likely N-dealkylation sites (tertiary alicyclic amines) is 2. The first-order valence-corrected chi connectivity index (χ1v) is 12.6. The van der Waals surface area contributed by atoms with Crippen LogP contribution < -0.4 is 11.5 Å². The van der Waals surface area contributed by atoms with Gasteiger partial charge >= 0.3 is 0 Å². The molecule has 2 fully saturated rings. The topological polar surface area (TPSA) is 121 Å². The molecule has 2 amide bonds. The minimum absolute atomic E-state index is 0.00601. The van der Waals surface area contributed by atoms with E-state index in [9.17, 15) is 9.59 Å². The summed E-state index contributed by atoms with van der Waals surface area (Å²) in [7, 11) is 0. The van der Waals surface area contributed by atoms with Crippen LogP contribution in [0.25, 0.3) is 10.9 Å². The number of carbonyl (C=O) groups is 2. The highest BCUT2D eigenvalue weighted by atomic mass is 16.2. The number of carbonyl (C=O) groups excluding carboxylic acids is 2. The molecule has 4 rings (SSSR count). The Morgan fingerprint density at radius 2 is 1.88 bits per heavy atom. The average Bonchev–Trinajstić information content (AvgIpc) is 3.58. The molecule has 5 N–H and O–H groups in total. The van der Waals surface area contributed by atoms with Gasteiger partial charge in [-0.25, -0.2) is 0 Å². The lowest BCUT2D eigenvalue weighted by atomic mass is 10.1. The fourth-order valence-corrected chi connectivity index (χ4v) is 5.66. The number of hydrogen-bond acceptors (Lipinski definition) is 4. The SMILES string of the molecule is CCn1c(CC[C@@H]2CCCN2C(=O)[C@H]2CCCN2C(=O)C(C)CN)cc2ccc(C(=N)N)cc21. The first kappa shape index (κ1) is 24.3. The summed E-state index contributed by atoms with van der Waals surface area (Å²) in [4.78, 5) is 30.1. The monoisotopic (exact) mass is 466 g/mol. The van der Waals surface area contributed by atoms with Crippen LogP contribution >= 0.6 is 0 Å². The largest absolute Gasteiger partial charge is 0.384 e. The maximum absolute atomic E-state index is 13.5. The van der Waals surface area contributed by atoms with E-state index in [1.807, 2.05) is 30.0 Å². The standard InChI is InChI=1S/C26H38N6O2/c1-3-30-21(14-18-8-9-19(24(28)29)15-23(18)30)11-10-20-6-4-12-31(20)26(34)22-7-5-13-32(22)25(33)17(2)16-27/h8-9,14-15,17,20,22H,3-7,10-13,16,27H2,1-2H3,(H3,28,29)/t17?,20-,22+/m0/s1. The maximum atomic E-state index is 13.5. The highest BCUT2D eigenvalue weighted by Gasteiger charge is 2.40. The fraction of sp³-hybridized carbons (Fsp3) is 0.577. The third-order valence-corrected chi connectivity index (χ3v) is 7.61. The molecule has 1 aromatic carbocycles. The molecule has 2 aliphatic heterocycles. The first-order valence-electron chi connectivity index (χ1n) is 12.6. The van der Waals surface area contributed by atoms with Crippen LogP contribution in [0.3, 0.4) is 0 Å². The third-order valence-electron chi connectivity index (χ3n) is 7.61. The minimum atomic E-state index is -0.339. The number of benzene rings is 1. The molecule has 2 aromatic rings. The molecule has 34 heavy (non-hydrogen) atoms. The molecule has 0 saturated carbocycles. The van der Waals surface area contributed by atoms with Gasteiger partial charge < -0.3 is 25.8 Å². The molecule has 184 valence electrons. The number of nitrogens with one attached hydrogen (secondary N) is 1. The van der Waals surface area contributed by atoms with Crippen molar-refractivity contribution in [1.29, 1.82) is 5.41 Å². The van der Waals surface area contributed by atoms with Crippen LogP contribution in [0.4, 0.5) is 0 Å². The molecule has 1 aromatic heterocycles. The summed E-state index contributed by atoms with van der Waals surface area (Å²) >= 11 is 0. The van der Waals surface area contributed by atoms with Crippen molar-refractivity contribution >= 4 is 28.6 Å². The Kier molecular flexibility index (Phi) is 7.26. The number of aromatic nitrogens is 1. The smallest absolute Gasteiger partial charge is 0.245 e. The second-order valence-electron chi connectivity index (χ2n) is 9.76. The third kappa shape index (κ3) is 4.56. The van der Waals surface area contributed by atoms with Crippen LogP contribution in [-0.2, 0) is 22.6 Å². The lowest BCUT2D eigenvalue weighted by Crippen LogP contribution is -2.51. The normalized spacial score (nSPS) is 21.4. The van der Waals surface area contributed by atoms with E-state index in [2.05, 4.69) is 17.6 Å². The second kappa shape index (κ2) is 10.2. The highest BCUT2D eigenvalue weighted by molar-refractivity contribution is 5.98. The van der Waals surface area contributed by atoms with Crippen molar-refractivity contribution < 1.29 is 9.59 Å². The number of nitrogens with two attached hydrogens (primary N) is 2. The molecule has 2 saturated heterocycles. The van der Waals surface area contributed by atoms with Crippen LogP contribution in [0.2, 0.25) is 0 Å². The summed E-state index contributed by atoms with van der Waals surface area (Å²) in [6, 6.07) is 7.99. The van der Waals surface area contributed by atoms with E-state index in [0.29, 0.717) is 13.1 Å². The number of hydrogen-bond donors (Lipinski definition) is 3. The number of nitrogen functional groups attached to an aromatic ring is 1. The maximum Gasteiger partial charge on any atom is 0.245 e. The zero-order valence-electron chi connectivity index (χ0n) is 20.4. The molecule has 0 spiro atoms. The van der Waals surface area contributed by atoms with Gasteiger partial charge in [-0.15, -0.1) is 0 Å². The predicted molar refractivity (Wildman–Crippen MR) is 135 cm³/mol. The fourth-order valence-electron chi connectivity index (χ4n) is 5.66.